The molecule has 3 N–H and O–H groups in total. The second-order valence-corrected chi connectivity index (χ2v) is 5.19. The van der Waals surface area contributed by atoms with Gasteiger partial charge in [-0.1, -0.05) is 19.8 Å². The Morgan fingerprint density at radius 2 is 2.18 bits per heavy atom. The number of hydrogen-bond donors (Lipinski definition) is 2. The third-order valence-electron chi connectivity index (χ3n) is 3.46. The van der Waals surface area contributed by atoms with Gasteiger partial charge in [0.05, 0.1) is 12.1 Å². The van der Waals surface area contributed by atoms with Gasteiger partial charge in [-0.3, -0.25) is 9.59 Å². The Morgan fingerprint density at radius 1 is 1.53 bits per heavy atom. The summed E-state index contributed by atoms with van der Waals surface area (Å²) >= 11 is 0. The number of rotatable bonds is 3. The maximum Gasteiger partial charge on any atom is 0.242 e. The summed E-state index contributed by atoms with van der Waals surface area (Å²) in [6.07, 6.45) is 3.54. The fraction of sp³-hybridized carbons (Fsp3) is 0.833. The van der Waals surface area contributed by atoms with E-state index in [0.717, 1.165) is 12.8 Å². The summed E-state index contributed by atoms with van der Waals surface area (Å²) in [5.41, 5.74) is 5.41. The zero-order chi connectivity index (χ0) is 13.1. The highest BCUT2D eigenvalue weighted by Crippen LogP contribution is 2.31. The molecule has 0 aromatic rings. The van der Waals surface area contributed by atoms with Crippen molar-refractivity contribution < 1.29 is 9.59 Å². The molecule has 2 unspecified atom stereocenters. The summed E-state index contributed by atoms with van der Waals surface area (Å²) < 4.78 is 0. The molecule has 0 aromatic carbocycles. The van der Waals surface area contributed by atoms with Gasteiger partial charge >= 0.3 is 0 Å². The molecule has 0 aromatic heterocycles. The van der Waals surface area contributed by atoms with Crippen LogP contribution in [0.2, 0.25) is 0 Å². The minimum Gasteiger partial charge on any atom is -0.358 e. The quantitative estimate of drug-likeness (QED) is 0.735. The minimum absolute atomic E-state index is 0.0721. The van der Waals surface area contributed by atoms with Crippen LogP contribution in [0.1, 0.15) is 32.6 Å². The number of carbonyl (C=O) groups excluding carboxylic acids is 2. The van der Waals surface area contributed by atoms with Crippen LogP contribution in [0.15, 0.2) is 0 Å². The van der Waals surface area contributed by atoms with Crippen LogP contribution in [0.3, 0.4) is 0 Å². The van der Waals surface area contributed by atoms with E-state index in [2.05, 4.69) is 12.2 Å². The summed E-state index contributed by atoms with van der Waals surface area (Å²) in [5.74, 6) is 0.187. The fourth-order valence-electron chi connectivity index (χ4n) is 2.53. The molecule has 2 atom stereocenters. The van der Waals surface area contributed by atoms with Crippen molar-refractivity contribution in [1.29, 1.82) is 0 Å². The van der Waals surface area contributed by atoms with Crippen molar-refractivity contribution in [3.8, 4) is 0 Å². The minimum atomic E-state index is -0.777. The second kappa shape index (κ2) is 5.49. The lowest BCUT2D eigenvalue weighted by Gasteiger charge is -2.37. The van der Waals surface area contributed by atoms with Gasteiger partial charge in [0.25, 0.3) is 0 Å². The van der Waals surface area contributed by atoms with Gasteiger partial charge in [0.2, 0.25) is 11.8 Å². The normalized spacial score (nSPS) is 28.6. The molecule has 1 rings (SSSR count). The fourth-order valence-corrected chi connectivity index (χ4v) is 2.53. The van der Waals surface area contributed by atoms with Crippen molar-refractivity contribution in [1.82, 2.24) is 10.2 Å². The van der Waals surface area contributed by atoms with Crippen LogP contribution in [0.4, 0.5) is 0 Å². The molecule has 5 heteroatoms. The molecule has 0 heterocycles. The Kier molecular flexibility index (Phi) is 4.51. The summed E-state index contributed by atoms with van der Waals surface area (Å²) in [6, 6.07) is 0. The monoisotopic (exact) mass is 241 g/mol. The topological polar surface area (TPSA) is 75.4 Å². The molecule has 0 radical (unpaired) electrons. The molecule has 1 fully saturated rings. The Hall–Kier alpha value is -1.10. The van der Waals surface area contributed by atoms with E-state index in [9.17, 15) is 9.59 Å². The number of nitrogens with zero attached hydrogens (tertiary/aromatic N) is 1. The molecule has 0 bridgehead atoms. The maximum atomic E-state index is 12.2. The van der Waals surface area contributed by atoms with E-state index >= 15 is 0 Å². The molecule has 0 spiro atoms. The summed E-state index contributed by atoms with van der Waals surface area (Å²) in [4.78, 5) is 24.9. The Morgan fingerprint density at radius 3 is 2.71 bits per heavy atom. The number of nitrogens with one attached hydrogen (secondary N) is 1. The van der Waals surface area contributed by atoms with E-state index in [1.807, 2.05) is 0 Å². The lowest BCUT2D eigenvalue weighted by Crippen LogP contribution is -2.57. The zero-order valence-corrected chi connectivity index (χ0v) is 11.0. The SMILES string of the molecule is CNC(=O)CN(C)C(=O)C1(N)CCCC(C)C1. The molecular formula is C12H23N3O2. The van der Waals surface area contributed by atoms with Crippen LogP contribution in [0.5, 0.6) is 0 Å². The molecule has 5 nitrogen and oxygen atoms in total. The molecule has 1 saturated carbocycles. The van der Waals surface area contributed by atoms with Gasteiger partial charge in [0, 0.05) is 14.1 Å². The van der Waals surface area contributed by atoms with Crippen LogP contribution < -0.4 is 11.1 Å². The van der Waals surface area contributed by atoms with Crippen LogP contribution in [0.25, 0.3) is 0 Å². The molecule has 0 saturated heterocycles. The third-order valence-corrected chi connectivity index (χ3v) is 3.46. The zero-order valence-electron chi connectivity index (χ0n) is 11.0. The average molecular weight is 241 g/mol. The van der Waals surface area contributed by atoms with Crippen molar-refractivity contribution in [2.24, 2.45) is 11.7 Å². The maximum absolute atomic E-state index is 12.2. The smallest absolute Gasteiger partial charge is 0.242 e. The van der Waals surface area contributed by atoms with Crippen LogP contribution in [-0.2, 0) is 9.59 Å². The summed E-state index contributed by atoms with van der Waals surface area (Å²) in [5, 5.41) is 2.50. The number of hydrogen-bond acceptors (Lipinski definition) is 3. The molecule has 98 valence electrons. The van der Waals surface area contributed by atoms with Crippen LogP contribution in [-0.4, -0.2) is 42.9 Å². The highest BCUT2D eigenvalue weighted by atomic mass is 16.2. The first-order valence-electron chi connectivity index (χ1n) is 6.14. The molecule has 2 amide bonds. The van der Waals surface area contributed by atoms with Crippen molar-refractivity contribution in [2.75, 3.05) is 20.6 Å². The van der Waals surface area contributed by atoms with Gasteiger partial charge < -0.3 is 16.0 Å². The predicted octanol–water partition coefficient (Wildman–Crippen LogP) is 0.0984. The Balaban J connectivity index is 2.64. The van der Waals surface area contributed by atoms with Gasteiger partial charge in [-0.25, -0.2) is 0 Å². The first-order valence-corrected chi connectivity index (χ1v) is 6.14. The van der Waals surface area contributed by atoms with Gasteiger partial charge in [0.15, 0.2) is 0 Å². The van der Waals surface area contributed by atoms with Crippen molar-refractivity contribution in [2.45, 2.75) is 38.1 Å². The van der Waals surface area contributed by atoms with Crippen LogP contribution in [0, 0.1) is 5.92 Å². The average Bonchev–Trinajstić information content (AvgIpc) is 2.27. The third kappa shape index (κ3) is 3.43. The lowest BCUT2D eigenvalue weighted by atomic mass is 9.76. The van der Waals surface area contributed by atoms with Crippen LogP contribution >= 0.6 is 0 Å². The highest BCUT2D eigenvalue weighted by Gasteiger charge is 2.39. The van der Waals surface area contributed by atoms with E-state index in [4.69, 9.17) is 5.73 Å². The van der Waals surface area contributed by atoms with Crippen molar-refractivity contribution in [3.05, 3.63) is 0 Å². The van der Waals surface area contributed by atoms with Gasteiger partial charge in [0.1, 0.15) is 0 Å². The number of nitrogens with two attached hydrogens (primary N) is 1. The molecular weight excluding hydrogens is 218 g/mol. The number of amides is 2. The standard InChI is InChI=1S/C12H23N3O2/c1-9-5-4-6-12(13,7-9)11(17)15(3)8-10(16)14-2/h9H,4-8,13H2,1-3H3,(H,14,16). The molecule has 1 aliphatic rings. The predicted molar refractivity (Wildman–Crippen MR) is 66.3 cm³/mol. The number of carbonyl (C=O) groups is 2. The summed E-state index contributed by atoms with van der Waals surface area (Å²) in [7, 11) is 3.19. The largest absolute Gasteiger partial charge is 0.358 e. The van der Waals surface area contributed by atoms with Gasteiger partial charge in [-0.05, 0) is 18.8 Å². The van der Waals surface area contributed by atoms with Gasteiger partial charge in [-0.2, -0.15) is 0 Å². The van der Waals surface area contributed by atoms with Crippen molar-refractivity contribution >= 4 is 11.8 Å². The lowest BCUT2D eigenvalue weighted by molar-refractivity contribution is -0.140. The van der Waals surface area contributed by atoms with Gasteiger partial charge in [-0.15, -0.1) is 0 Å². The Labute approximate surface area is 103 Å². The van der Waals surface area contributed by atoms with E-state index in [-0.39, 0.29) is 18.4 Å². The molecule has 0 aliphatic heterocycles. The Bertz CT molecular complexity index is 306. The summed E-state index contributed by atoms with van der Waals surface area (Å²) in [6.45, 7) is 2.19. The van der Waals surface area contributed by atoms with Crippen molar-refractivity contribution in [3.63, 3.8) is 0 Å². The van der Waals surface area contributed by atoms with E-state index < -0.39 is 5.54 Å². The molecule has 17 heavy (non-hydrogen) atoms. The first-order chi connectivity index (χ1) is 7.89. The molecule has 1 aliphatic carbocycles. The number of likely N-dealkylation sites (N-methyl/N-ethyl adjacent to an activating group) is 2. The van der Waals surface area contributed by atoms with E-state index in [0.29, 0.717) is 18.8 Å². The van der Waals surface area contributed by atoms with E-state index in [1.54, 1.807) is 14.1 Å². The van der Waals surface area contributed by atoms with E-state index in [1.165, 1.54) is 4.90 Å². The highest BCUT2D eigenvalue weighted by molar-refractivity contribution is 5.90. The first kappa shape index (κ1) is 14.0. The second-order valence-electron chi connectivity index (χ2n) is 5.19.